The Kier molecular flexibility index (Phi) is 22.5. The predicted molar refractivity (Wildman–Crippen MR) is 87.5 cm³/mol. The summed E-state index contributed by atoms with van der Waals surface area (Å²) in [6, 6.07) is 0. The molecule has 0 aliphatic heterocycles. The van der Waals surface area contributed by atoms with Crippen LogP contribution in [-0.4, -0.2) is 31.6 Å². The predicted octanol–water partition coefficient (Wildman–Crippen LogP) is 2.91. The summed E-state index contributed by atoms with van der Waals surface area (Å²) in [5.41, 5.74) is 0. The van der Waals surface area contributed by atoms with Gasteiger partial charge in [0.05, 0.1) is 0 Å². The zero-order valence-corrected chi connectivity index (χ0v) is 17.3. The van der Waals surface area contributed by atoms with Crippen molar-refractivity contribution in [3.63, 3.8) is 0 Å². The Morgan fingerprint density at radius 1 is 0.792 bits per heavy atom. The van der Waals surface area contributed by atoms with Gasteiger partial charge in [-0.3, -0.25) is 4.79 Å². The van der Waals surface area contributed by atoms with Gasteiger partial charge < -0.3 is 9.90 Å². The molecule has 0 unspecified atom stereocenters. The van der Waals surface area contributed by atoms with Crippen molar-refractivity contribution in [2.45, 2.75) is 79.1 Å². The second kappa shape index (κ2) is 20.8. The Labute approximate surface area is 154 Å². The van der Waals surface area contributed by atoms with Crippen molar-refractivity contribution in [1.29, 1.82) is 0 Å². The summed E-state index contributed by atoms with van der Waals surface area (Å²) >= 11 is -2.10. The van der Waals surface area contributed by atoms with E-state index in [0.29, 0.717) is 0 Å². The number of carbonyl (C=O) groups excluding carboxylic acids is 2. The number of ketones is 1. The molecule has 0 fully saturated rings. The minimum atomic E-state index is -2.10. The van der Waals surface area contributed by atoms with Gasteiger partial charge in [0.15, 0.2) is 0 Å². The molecule has 7 heteroatoms. The average molecular weight is 382 g/mol. The zero-order chi connectivity index (χ0) is 18.6. The van der Waals surface area contributed by atoms with Crippen LogP contribution < -0.4 is 5.11 Å². The number of carbonyl (C=O) groups is 2. The Morgan fingerprint density at radius 3 is 1.38 bits per heavy atom. The number of unbranched alkanes of at least 4 members (excludes halogenated alkanes) is 3. The molecule has 0 aromatic heterocycles. The Morgan fingerprint density at radius 2 is 1.17 bits per heavy atom. The van der Waals surface area contributed by atoms with E-state index in [4.69, 9.17) is 9.96 Å². The summed E-state index contributed by atoms with van der Waals surface area (Å²) in [6.45, 7) is 10.5. The van der Waals surface area contributed by atoms with Gasteiger partial charge in [0.25, 0.3) is 0 Å². The molecule has 0 spiro atoms. The Balaban J connectivity index is 0. The van der Waals surface area contributed by atoms with Crippen molar-refractivity contribution in [3.05, 3.63) is 0 Å². The molecule has 0 atom stereocenters. The average Bonchev–Trinajstić information content (AvgIpc) is 2.55. The van der Waals surface area contributed by atoms with E-state index in [1.165, 1.54) is 0 Å². The molecule has 0 aromatic rings. The van der Waals surface area contributed by atoms with E-state index >= 15 is 0 Å². The van der Waals surface area contributed by atoms with Gasteiger partial charge in [-0.1, -0.05) is 6.92 Å². The quantitative estimate of drug-likeness (QED) is 0.246. The fraction of sp³-hybridized carbons (Fsp3) is 0.882. The molecule has 0 saturated carbocycles. The van der Waals surface area contributed by atoms with Crippen molar-refractivity contribution < 1.29 is 43.7 Å². The second-order valence-electron chi connectivity index (χ2n) is 5.30. The fourth-order valence-electron chi connectivity index (χ4n) is 1.31. The summed E-state index contributed by atoms with van der Waals surface area (Å²) in [4.78, 5) is 19.8. The number of carboxylic acids is 1. The van der Waals surface area contributed by atoms with E-state index in [-0.39, 0.29) is 12.2 Å². The van der Waals surface area contributed by atoms with E-state index in [1.807, 2.05) is 0 Å². The molecule has 0 amide bonds. The maximum atomic E-state index is 10.2. The summed E-state index contributed by atoms with van der Waals surface area (Å²) in [7, 11) is 0. The van der Waals surface area contributed by atoms with Crippen LogP contribution in [0.15, 0.2) is 0 Å². The third-order valence-corrected chi connectivity index (χ3v) is 4.95. The van der Waals surface area contributed by atoms with Crippen LogP contribution in [0.3, 0.4) is 0 Å². The normalized spacial score (nSPS) is 10.0. The standard InChI is InChI=1S/C5H8O3.3C4H9O.Ti/c1-2-4(6)3-5(7)8;3*1-2-3-4-5;/h2-3H2,1H3,(H,7,8);3*2-4H2,1H3;/q;3*-1;+4/p-1. The van der Waals surface area contributed by atoms with Crippen molar-refractivity contribution in [2.75, 3.05) is 19.8 Å². The molecule has 0 rings (SSSR count). The van der Waals surface area contributed by atoms with E-state index < -0.39 is 31.4 Å². The maximum absolute atomic E-state index is 10.2. The number of hydrogen-bond acceptors (Lipinski definition) is 6. The molecule has 0 aliphatic rings. The molecule has 6 nitrogen and oxygen atoms in total. The van der Waals surface area contributed by atoms with E-state index in [1.54, 1.807) is 6.92 Å². The van der Waals surface area contributed by atoms with Crippen molar-refractivity contribution in [2.24, 2.45) is 0 Å². The van der Waals surface area contributed by atoms with Crippen LogP contribution in [0.4, 0.5) is 0 Å². The van der Waals surface area contributed by atoms with Crippen molar-refractivity contribution >= 4 is 11.8 Å². The number of Topliss-reactive ketones (excluding diaryl/α,β-unsaturated/α-hetero) is 1. The van der Waals surface area contributed by atoms with Crippen LogP contribution in [0.1, 0.15) is 79.1 Å². The summed E-state index contributed by atoms with van der Waals surface area (Å²) < 4.78 is 17.1. The SMILES string of the molecule is CCC(=O)CC(=O)[O-].CCCC[O][Ti+]([O]CCCC)[O]CCCC. The van der Waals surface area contributed by atoms with Gasteiger partial charge in [-0.05, 0) is 0 Å². The molecule has 142 valence electrons. The van der Waals surface area contributed by atoms with Gasteiger partial charge in [-0.2, -0.15) is 0 Å². The summed E-state index contributed by atoms with van der Waals surface area (Å²) in [6.07, 6.45) is 6.62. The molecular weight excluding hydrogens is 348 g/mol. The number of rotatable bonds is 15. The Hall–Kier alpha value is -0.266. The molecule has 0 N–H and O–H groups in total. The van der Waals surface area contributed by atoms with Gasteiger partial charge >= 0.3 is 108 Å². The van der Waals surface area contributed by atoms with Crippen LogP contribution in [0.2, 0.25) is 0 Å². The second-order valence-corrected chi connectivity index (χ2v) is 7.43. The van der Waals surface area contributed by atoms with Gasteiger partial charge in [-0.15, -0.1) is 0 Å². The first-order valence-corrected chi connectivity index (χ1v) is 10.9. The zero-order valence-electron chi connectivity index (χ0n) is 15.7. The first kappa shape index (κ1) is 26.0. The van der Waals surface area contributed by atoms with E-state index in [2.05, 4.69) is 20.8 Å². The van der Waals surface area contributed by atoms with Crippen LogP contribution in [-0.2, 0) is 38.6 Å². The van der Waals surface area contributed by atoms with Gasteiger partial charge in [0, 0.05) is 18.8 Å². The first-order chi connectivity index (χ1) is 11.5. The Bertz CT molecular complexity index is 275. The molecular formula is C17H34O6Ti. The minimum absolute atomic E-state index is 0.272. The van der Waals surface area contributed by atoms with Crippen molar-refractivity contribution in [1.82, 2.24) is 0 Å². The summed E-state index contributed by atoms with van der Waals surface area (Å²) in [5.74, 6) is -1.58. The number of hydrogen-bond donors (Lipinski definition) is 0. The number of aliphatic carboxylic acids is 1. The van der Waals surface area contributed by atoms with Gasteiger partial charge in [-0.25, -0.2) is 0 Å². The van der Waals surface area contributed by atoms with Crippen LogP contribution >= 0.6 is 0 Å². The van der Waals surface area contributed by atoms with Gasteiger partial charge in [0.2, 0.25) is 0 Å². The van der Waals surface area contributed by atoms with Crippen LogP contribution in [0.5, 0.6) is 0 Å². The molecule has 0 aliphatic carbocycles. The molecule has 0 bridgehead atoms. The third-order valence-electron chi connectivity index (χ3n) is 2.89. The third kappa shape index (κ3) is 21.7. The van der Waals surface area contributed by atoms with E-state index in [9.17, 15) is 14.7 Å². The molecule has 24 heavy (non-hydrogen) atoms. The monoisotopic (exact) mass is 382 g/mol. The van der Waals surface area contributed by atoms with E-state index in [0.717, 1.165) is 58.3 Å². The molecule has 0 aromatic carbocycles. The first-order valence-electron chi connectivity index (χ1n) is 8.98. The van der Waals surface area contributed by atoms with Crippen LogP contribution in [0, 0.1) is 0 Å². The van der Waals surface area contributed by atoms with Gasteiger partial charge in [0.1, 0.15) is 5.78 Å². The molecule has 0 heterocycles. The van der Waals surface area contributed by atoms with Crippen molar-refractivity contribution in [3.8, 4) is 0 Å². The fourth-order valence-corrected chi connectivity index (χ4v) is 3.16. The number of carboxylic acid groups (broad SMARTS) is 1. The topological polar surface area (TPSA) is 84.9 Å². The molecule has 0 saturated heterocycles. The molecule has 0 radical (unpaired) electrons. The summed E-state index contributed by atoms with van der Waals surface area (Å²) in [5, 5.41) is 9.64. The van der Waals surface area contributed by atoms with Crippen LogP contribution in [0.25, 0.3) is 0 Å².